The number of rotatable bonds is 15. The van der Waals surface area contributed by atoms with E-state index in [0.717, 1.165) is 25.9 Å². The minimum atomic E-state index is -0.176. The Hall–Kier alpha value is -0.160. The molecule has 0 N–H and O–H groups in total. The molecule has 0 amide bonds. The van der Waals surface area contributed by atoms with Crippen LogP contribution in [0.15, 0.2) is 0 Å². The average molecular weight is 304 g/mol. The molecule has 0 aliphatic heterocycles. The van der Waals surface area contributed by atoms with Gasteiger partial charge in [0.1, 0.15) is 0 Å². The molecule has 0 aromatic carbocycles. The molecule has 0 heterocycles. The third-order valence-corrected chi connectivity index (χ3v) is 3.37. The molecule has 4 heteroatoms. The number of hydrogen-bond acceptors (Lipinski definition) is 4. The van der Waals surface area contributed by atoms with Gasteiger partial charge in [-0.05, 0) is 40.5 Å². The lowest BCUT2D eigenvalue weighted by molar-refractivity contribution is -0.161. The molecule has 0 rings (SSSR count). The van der Waals surface area contributed by atoms with Gasteiger partial charge in [0.25, 0.3) is 0 Å². The predicted octanol–water partition coefficient (Wildman–Crippen LogP) is 4.17. The second-order valence-corrected chi connectivity index (χ2v) is 5.11. The monoisotopic (exact) mass is 304 g/mol. The van der Waals surface area contributed by atoms with E-state index in [1.807, 2.05) is 20.8 Å². The second-order valence-electron chi connectivity index (χ2n) is 5.11. The van der Waals surface area contributed by atoms with Crippen LogP contribution in [0.3, 0.4) is 0 Å². The number of unbranched alkanes of at least 4 members (excludes halogenated alkanes) is 1. The van der Waals surface area contributed by atoms with Crippen molar-refractivity contribution in [1.29, 1.82) is 0 Å². The highest BCUT2D eigenvalue weighted by molar-refractivity contribution is 4.69. The van der Waals surface area contributed by atoms with E-state index in [9.17, 15) is 0 Å². The van der Waals surface area contributed by atoms with Gasteiger partial charge in [-0.2, -0.15) is 0 Å². The van der Waals surface area contributed by atoms with E-state index in [0.29, 0.717) is 19.8 Å². The van der Waals surface area contributed by atoms with E-state index in [4.69, 9.17) is 18.9 Å². The Balaban J connectivity index is 4.45. The molecule has 0 spiro atoms. The van der Waals surface area contributed by atoms with Crippen molar-refractivity contribution < 1.29 is 18.9 Å². The molecule has 0 aliphatic carbocycles. The first-order chi connectivity index (χ1) is 10.2. The van der Waals surface area contributed by atoms with E-state index in [1.165, 1.54) is 12.8 Å². The summed E-state index contributed by atoms with van der Waals surface area (Å²) in [6, 6.07) is 0. The van der Waals surface area contributed by atoms with E-state index in [2.05, 4.69) is 13.8 Å². The van der Waals surface area contributed by atoms with Gasteiger partial charge < -0.3 is 18.9 Å². The van der Waals surface area contributed by atoms with Crippen molar-refractivity contribution in [2.45, 2.75) is 85.2 Å². The fourth-order valence-electron chi connectivity index (χ4n) is 2.47. The van der Waals surface area contributed by atoms with Crippen LogP contribution in [0.4, 0.5) is 0 Å². The van der Waals surface area contributed by atoms with Crippen LogP contribution in [0.1, 0.15) is 66.7 Å². The third-order valence-electron chi connectivity index (χ3n) is 3.37. The van der Waals surface area contributed by atoms with Crippen molar-refractivity contribution in [3.63, 3.8) is 0 Å². The van der Waals surface area contributed by atoms with Crippen LogP contribution >= 0.6 is 0 Å². The number of ether oxygens (including phenoxy) is 4. The van der Waals surface area contributed by atoms with Crippen LogP contribution in [0.2, 0.25) is 0 Å². The topological polar surface area (TPSA) is 36.9 Å². The van der Waals surface area contributed by atoms with Crippen LogP contribution in [-0.2, 0) is 18.9 Å². The fourth-order valence-corrected chi connectivity index (χ4v) is 2.47. The smallest absolute Gasteiger partial charge is 0.160 e. The zero-order chi connectivity index (χ0) is 15.9. The summed E-state index contributed by atoms with van der Waals surface area (Å²) >= 11 is 0. The van der Waals surface area contributed by atoms with Crippen molar-refractivity contribution in [3.8, 4) is 0 Å². The summed E-state index contributed by atoms with van der Waals surface area (Å²) in [6.45, 7) is 13.1. The maximum absolute atomic E-state index is 5.88. The summed E-state index contributed by atoms with van der Waals surface area (Å²) in [5, 5.41) is 0. The minimum absolute atomic E-state index is 0.131. The lowest BCUT2D eigenvalue weighted by Crippen LogP contribution is -2.30. The molecule has 0 saturated carbocycles. The Morgan fingerprint density at radius 3 is 1.62 bits per heavy atom. The van der Waals surface area contributed by atoms with Crippen LogP contribution in [0.5, 0.6) is 0 Å². The van der Waals surface area contributed by atoms with Gasteiger partial charge in [0.05, 0.1) is 12.2 Å². The first kappa shape index (κ1) is 20.8. The van der Waals surface area contributed by atoms with Crippen molar-refractivity contribution in [2.75, 3.05) is 26.4 Å². The first-order valence-electron chi connectivity index (χ1n) is 8.67. The van der Waals surface area contributed by atoms with Gasteiger partial charge >= 0.3 is 0 Å². The van der Waals surface area contributed by atoms with Crippen LogP contribution in [0.25, 0.3) is 0 Å². The SMILES string of the molecule is CCCCC(CC(CC(OCC)OCC)OCC)OCC. The molecule has 128 valence electrons. The summed E-state index contributed by atoms with van der Waals surface area (Å²) in [7, 11) is 0. The van der Waals surface area contributed by atoms with Crippen LogP contribution in [0, 0.1) is 0 Å². The average Bonchev–Trinajstić information content (AvgIpc) is 2.45. The summed E-state index contributed by atoms with van der Waals surface area (Å²) in [5.41, 5.74) is 0. The number of hydrogen-bond donors (Lipinski definition) is 0. The summed E-state index contributed by atoms with van der Waals surface area (Å²) < 4.78 is 23.0. The standard InChI is InChI=1S/C17H36O4/c1-6-11-12-15(18-7-2)13-16(19-8-3)14-17(20-9-4)21-10-5/h15-17H,6-14H2,1-5H3. The lowest BCUT2D eigenvalue weighted by atomic mass is 10.0. The van der Waals surface area contributed by atoms with Crippen molar-refractivity contribution in [2.24, 2.45) is 0 Å². The molecular formula is C17H36O4. The summed E-state index contributed by atoms with van der Waals surface area (Å²) in [6.07, 6.45) is 5.41. The maximum Gasteiger partial charge on any atom is 0.160 e. The van der Waals surface area contributed by atoms with Gasteiger partial charge in [0, 0.05) is 32.8 Å². The first-order valence-corrected chi connectivity index (χ1v) is 8.67. The molecule has 0 bridgehead atoms. The Kier molecular flexibility index (Phi) is 14.7. The highest BCUT2D eigenvalue weighted by Gasteiger charge is 2.21. The third kappa shape index (κ3) is 11.1. The van der Waals surface area contributed by atoms with Gasteiger partial charge in [0.15, 0.2) is 6.29 Å². The zero-order valence-electron chi connectivity index (χ0n) is 14.7. The van der Waals surface area contributed by atoms with E-state index in [1.54, 1.807) is 0 Å². The molecular weight excluding hydrogens is 268 g/mol. The second kappa shape index (κ2) is 14.8. The van der Waals surface area contributed by atoms with Gasteiger partial charge in [-0.3, -0.25) is 0 Å². The Labute approximate surface area is 131 Å². The van der Waals surface area contributed by atoms with E-state index >= 15 is 0 Å². The molecule has 0 aromatic heterocycles. The van der Waals surface area contributed by atoms with Crippen LogP contribution < -0.4 is 0 Å². The molecule has 0 fully saturated rings. The van der Waals surface area contributed by atoms with Gasteiger partial charge in [-0.1, -0.05) is 19.8 Å². The largest absolute Gasteiger partial charge is 0.378 e. The highest BCUT2D eigenvalue weighted by Crippen LogP contribution is 2.18. The van der Waals surface area contributed by atoms with Gasteiger partial charge in [-0.15, -0.1) is 0 Å². The quantitative estimate of drug-likeness (QED) is 0.426. The predicted molar refractivity (Wildman–Crippen MR) is 86.6 cm³/mol. The highest BCUT2D eigenvalue weighted by atomic mass is 16.7. The summed E-state index contributed by atoms with van der Waals surface area (Å²) in [5.74, 6) is 0. The van der Waals surface area contributed by atoms with E-state index in [-0.39, 0.29) is 18.5 Å². The van der Waals surface area contributed by atoms with Crippen molar-refractivity contribution >= 4 is 0 Å². The molecule has 0 aromatic rings. The van der Waals surface area contributed by atoms with Crippen molar-refractivity contribution in [3.05, 3.63) is 0 Å². The minimum Gasteiger partial charge on any atom is -0.378 e. The van der Waals surface area contributed by atoms with Gasteiger partial charge in [-0.25, -0.2) is 0 Å². The maximum atomic E-state index is 5.88. The van der Waals surface area contributed by atoms with Crippen LogP contribution in [-0.4, -0.2) is 44.9 Å². The molecule has 0 radical (unpaired) electrons. The zero-order valence-corrected chi connectivity index (χ0v) is 14.7. The molecule has 2 unspecified atom stereocenters. The van der Waals surface area contributed by atoms with Gasteiger partial charge in [0.2, 0.25) is 0 Å². The summed E-state index contributed by atoms with van der Waals surface area (Å²) in [4.78, 5) is 0. The normalized spacial score (nSPS) is 14.6. The Bertz CT molecular complexity index is 205. The van der Waals surface area contributed by atoms with E-state index < -0.39 is 0 Å². The molecule has 0 aliphatic rings. The Morgan fingerprint density at radius 1 is 0.619 bits per heavy atom. The van der Waals surface area contributed by atoms with Crippen molar-refractivity contribution in [1.82, 2.24) is 0 Å². The lowest BCUT2D eigenvalue weighted by Gasteiger charge is -2.27. The molecule has 2 atom stereocenters. The molecule has 21 heavy (non-hydrogen) atoms. The fraction of sp³-hybridized carbons (Fsp3) is 1.00. The molecule has 4 nitrogen and oxygen atoms in total. The molecule has 0 saturated heterocycles. The Morgan fingerprint density at radius 2 is 1.14 bits per heavy atom.